The first kappa shape index (κ1) is 47.4. The first-order valence-electron chi connectivity index (χ1n) is 21.3. The van der Waals surface area contributed by atoms with Crippen LogP contribution in [0.2, 0.25) is 0 Å². The van der Waals surface area contributed by atoms with Gasteiger partial charge in [0.25, 0.3) is 0 Å². The molecule has 0 aromatic heterocycles. The van der Waals surface area contributed by atoms with Gasteiger partial charge in [-0.3, -0.25) is 14.4 Å². The van der Waals surface area contributed by atoms with Crippen LogP contribution in [0.4, 0.5) is 0 Å². The summed E-state index contributed by atoms with van der Waals surface area (Å²) >= 11 is 0. The van der Waals surface area contributed by atoms with Gasteiger partial charge in [-0.2, -0.15) is 0 Å². The molecule has 0 aliphatic rings. The monoisotopic (exact) mass is 695 g/mol. The zero-order valence-electron chi connectivity index (χ0n) is 33.3. The number of rotatable bonds is 37. The zero-order chi connectivity index (χ0) is 36.2. The molecule has 7 nitrogen and oxygen atoms in total. The Morgan fingerprint density at radius 1 is 0.469 bits per heavy atom. The van der Waals surface area contributed by atoms with Crippen LogP contribution >= 0.6 is 0 Å². The normalized spacial score (nSPS) is 12.5. The van der Waals surface area contributed by atoms with Crippen LogP contribution in [0.25, 0.3) is 0 Å². The zero-order valence-corrected chi connectivity index (χ0v) is 33.3. The van der Waals surface area contributed by atoms with Crippen molar-refractivity contribution in [3.8, 4) is 0 Å². The molecule has 290 valence electrons. The number of carbonyl (C=O) groups excluding carboxylic acids is 3. The molecule has 0 heterocycles. The van der Waals surface area contributed by atoms with Crippen molar-refractivity contribution in [3.05, 3.63) is 0 Å². The molecule has 0 radical (unpaired) electrons. The van der Waals surface area contributed by atoms with Crippen LogP contribution in [0, 0.1) is 11.8 Å². The average molecular weight is 695 g/mol. The molecule has 2 unspecified atom stereocenters. The Balaban J connectivity index is 5.14. The highest BCUT2D eigenvalue weighted by atomic mass is 16.5. The average Bonchev–Trinajstić information content (AvgIpc) is 3.10. The maximum atomic E-state index is 13.2. The van der Waals surface area contributed by atoms with Crippen molar-refractivity contribution >= 4 is 17.8 Å². The molecule has 7 heteroatoms. The van der Waals surface area contributed by atoms with Gasteiger partial charge in [-0.1, -0.05) is 163 Å². The molecule has 0 bridgehead atoms. The van der Waals surface area contributed by atoms with Crippen LogP contribution < -0.4 is 5.32 Å². The fraction of sp³-hybridized carbons (Fsp3) is 0.929. The third kappa shape index (κ3) is 28.7. The van der Waals surface area contributed by atoms with Gasteiger partial charge in [0, 0.05) is 13.0 Å². The molecule has 1 amide bonds. The molecule has 0 aromatic carbocycles. The minimum atomic E-state index is -0.117. The van der Waals surface area contributed by atoms with Crippen molar-refractivity contribution in [3.63, 3.8) is 0 Å². The summed E-state index contributed by atoms with van der Waals surface area (Å²) in [5.41, 5.74) is 0. The standard InChI is InChI=1S/C42H82N2O5/c1-6-11-15-19-21-25-29-38(27-23-17-13-8-3)41(46)48-36-34-44(40(45)31-33-43-32-10-5)35-37-49-42(47)39(28-24-18-14-9-4)30-26-22-20-16-12-7-2/h38-39,43H,6-37H2,1-5H3. The number of hydrogen-bond donors (Lipinski definition) is 1. The van der Waals surface area contributed by atoms with Crippen LogP contribution in [0.5, 0.6) is 0 Å². The highest BCUT2D eigenvalue weighted by molar-refractivity contribution is 5.76. The van der Waals surface area contributed by atoms with Crippen molar-refractivity contribution < 1.29 is 23.9 Å². The highest BCUT2D eigenvalue weighted by Crippen LogP contribution is 2.22. The fourth-order valence-corrected chi connectivity index (χ4v) is 6.50. The summed E-state index contributed by atoms with van der Waals surface area (Å²) in [5.74, 6) is -0.357. The third-order valence-electron chi connectivity index (χ3n) is 9.80. The molecule has 2 atom stereocenters. The second kappa shape index (κ2) is 36.2. The molecular weight excluding hydrogens is 612 g/mol. The number of amides is 1. The lowest BCUT2D eigenvalue weighted by Crippen LogP contribution is -2.39. The van der Waals surface area contributed by atoms with E-state index >= 15 is 0 Å². The lowest BCUT2D eigenvalue weighted by Gasteiger charge is -2.24. The van der Waals surface area contributed by atoms with Crippen molar-refractivity contribution in [1.82, 2.24) is 10.2 Å². The largest absolute Gasteiger partial charge is 0.464 e. The minimum Gasteiger partial charge on any atom is -0.464 e. The second-order valence-corrected chi connectivity index (χ2v) is 14.4. The summed E-state index contributed by atoms with van der Waals surface area (Å²) < 4.78 is 11.7. The van der Waals surface area contributed by atoms with E-state index in [1.807, 2.05) is 0 Å². The van der Waals surface area contributed by atoms with Gasteiger partial charge in [-0.25, -0.2) is 0 Å². The Morgan fingerprint density at radius 3 is 1.18 bits per heavy atom. The number of nitrogens with one attached hydrogen (secondary N) is 1. The number of nitrogens with zero attached hydrogens (tertiary/aromatic N) is 1. The van der Waals surface area contributed by atoms with E-state index in [2.05, 4.69) is 39.9 Å². The van der Waals surface area contributed by atoms with Crippen molar-refractivity contribution in [1.29, 1.82) is 0 Å². The Bertz CT molecular complexity index is 711. The van der Waals surface area contributed by atoms with Gasteiger partial charge in [0.1, 0.15) is 13.2 Å². The second-order valence-electron chi connectivity index (χ2n) is 14.4. The maximum Gasteiger partial charge on any atom is 0.308 e. The Kier molecular flexibility index (Phi) is 35.0. The van der Waals surface area contributed by atoms with E-state index in [4.69, 9.17) is 9.47 Å². The number of carbonyl (C=O) groups is 3. The lowest BCUT2D eigenvalue weighted by molar-refractivity contribution is -0.152. The lowest BCUT2D eigenvalue weighted by atomic mass is 9.94. The van der Waals surface area contributed by atoms with Gasteiger partial charge in [0.2, 0.25) is 5.91 Å². The first-order chi connectivity index (χ1) is 23.9. The molecule has 0 spiro atoms. The molecule has 49 heavy (non-hydrogen) atoms. The van der Waals surface area contributed by atoms with Gasteiger partial charge >= 0.3 is 11.9 Å². The topological polar surface area (TPSA) is 84.9 Å². The predicted octanol–water partition coefficient (Wildman–Crippen LogP) is 11.0. The van der Waals surface area contributed by atoms with E-state index in [1.165, 1.54) is 89.9 Å². The van der Waals surface area contributed by atoms with Gasteiger partial charge in [-0.05, 0) is 38.6 Å². The van der Waals surface area contributed by atoms with E-state index in [1.54, 1.807) is 4.90 Å². The number of esters is 2. The van der Waals surface area contributed by atoms with Crippen LogP contribution in [0.15, 0.2) is 0 Å². The molecular formula is C42H82N2O5. The van der Waals surface area contributed by atoms with E-state index in [9.17, 15) is 14.4 Å². The summed E-state index contributed by atoms with van der Waals surface area (Å²) in [5, 5.41) is 3.31. The summed E-state index contributed by atoms with van der Waals surface area (Å²) in [6.07, 6.45) is 28.6. The number of ether oxygens (including phenoxy) is 2. The Morgan fingerprint density at radius 2 is 0.816 bits per heavy atom. The third-order valence-corrected chi connectivity index (χ3v) is 9.80. The van der Waals surface area contributed by atoms with Crippen LogP contribution in [-0.2, 0) is 23.9 Å². The molecule has 0 aromatic rings. The highest BCUT2D eigenvalue weighted by Gasteiger charge is 2.22. The van der Waals surface area contributed by atoms with E-state index < -0.39 is 0 Å². The van der Waals surface area contributed by atoms with Crippen LogP contribution in [-0.4, -0.2) is 62.1 Å². The number of unbranched alkanes of at least 4 members (excludes halogenated alkanes) is 16. The van der Waals surface area contributed by atoms with Crippen LogP contribution in [0.1, 0.15) is 202 Å². The van der Waals surface area contributed by atoms with Gasteiger partial charge in [0.05, 0.1) is 24.9 Å². The van der Waals surface area contributed by atoms with Crippen molar-refractivity contribution in [2.75, 3.05) is 39.4 Å². The molecule has 1 N–H and O–H groups in total. The maximum absolute atomic E-state index is 13.2. The van der Waals surface area contributed by atoms with E-state index in [0.29, 0.717) is 26.1 Å². The summed E-state index contributed by atoms with van der Waals surface area (Å²) in [6.45, 7) is 13.5. The smallest absolute Gasteiger partial charge is 0.308 e. The molecule has 0 rings (SSSR count). The van der Waals surface area contributed by atoms with Crippen molar-refractivity contribution in [2.45, 2.75) is 202 Å². The summed E-state index contributed by atoms with van der Waals surface area (Å²) in [4.78, 5) is 41.4. The molecule has 0 saturated carbocycles. The summed E-state index contributed by atoms with van der Waals surface area (Å²) in [6, 6.07) is 0. The molecule has 0 aliphatic carbocycles. The number of hydrogen-bond acceptors (Lipinski definition) is 6. The van der Waals surface area contributed by atoms with Gasteiger partial charge < -0.3 is 19.7 Å². The Hall–Kier alpha value is -1.63. The molecule has 0 aliphatic heterocycles. The Labute approximate surface area is 304 Å². The summed E-state index contributed by atoms with van der Waals surface area (Å²) in [7, 11) is 0. The van der Waals surface area contributed by atoms with Gasteiger partial charge in [0.15, 0.2) is 0 Å². The quantitative estimate of drug-likeness (QED) is 0.0515. The predicted molar refractivity (Wildman–Crippen MR) is 207 cm³/mol. The first-order valence-corrected chi connectivity index (χ1v) is 21.3. The van der Waals surface area contributed by atoms with Crippen LogP contribution in [0.3, 0.4) is 0 Å². The van der Waals surface area contributed by atoms with Crippen molar-refractivity contribution in [2.24, 2.45) is 11.8 Å². The molecule has 0 saturated heterocycles. The SMILES string of the molecule is CCCCCCCCC(CCCCCC)C(=O)OCCN(CCOC(=O)C(CCCCCC)CCCCCCCC)C(=O)CCNCCC. The van der Waals surface area contributed by atoms with E-state index in [-0.39, 0.29) is 42.9 Å². The minimum absolute atomic E-state index is 0.00194. The molecule has 0 fully saturated rings. The van der Waals surface area contributed by atoms with E-state index in [0.717, 1.165) is 77.2 Å². The van der Waals surface area contributed by atoms with Gasteiger partial charge in [-0.15, -0.1) is 0 Å². The fourth-order valence-electron chi connectivity index (χ4n) is 6.50.